The molecule has 124 valence electrons. The van der Waals surface area contributed by atoms with E-state index in [1.54, 1.807) is 0 Å². The number of hydrogen-bond donors (Lipinski definition) is 2. The molecule has 0 saturated heterocycles. The number of furan rings is 1. The first kappa shape index (κ1) is 15.9. The standard InChI is InChI=1S/C18H23NO4/c1-12(19-10-15(20)16-7-4-13(2)23-16)3-5-14-6-8-17-18(9-14)22-11-21-17/h4,6-9,12,15,19-20H,3,5,10-11H2,1-2H3. The van der Waals surface area contributed by atoms with Crippen LogP contribution in [0.4, 0.5) is 0 Å². The molecule has 0 radical (unpaired) electrons. The molecule has 2 atom stereocenters. The molecule has 0 amide bonds. The van der Waals surface area contributed by atoms with Crippen molar-refractivity contribution < 1.29 is 19.0 Å². The summed E-state index contributed by atoms with van der Waals surface area (Å²) in [4.78, 5) is 0. The van der Waals surface area contributed by atoms with Crippen LogP contribution in [0.5, 0.6) is 11.5 Å². The first-order valence-corrected chi connectivity index (χ1v) is 7.98. The molecular formula is C18H23NO4. The fourth-order valence-corrected chi connectivity index (χ4v) is 2.63. The number of aliphatic hydroxyl groups is 1. The van der Waals surface area contributed by atoms with E-state index in [2.05, 4.69) is 18.3 Å². The highest BCUT2D eigenvalue weighted by molar-refractivity contribution is 5.44. The zero-order chi connectivity index (χ0) is 16.2. The van der Waals surface area contributed by atoms with Crippen LogP contribution >= 0.6 is 0 Å². The Labute approximate surface area is 136 Å². The molecule has 5 nitrogen and oxygen atoms in total. The normalized spacial score (nSPS) is 15.6. The first-order valence-electron chi connectivity index (χ1n) is 7.98. The molecule has 2 aromatic rings. The van der Waals surface area contributed by atoms with Crippen LogP contribution < -0.4 is 14.8 Å². The Morgan fingerprint density at radius 1 is 1.17 bits per heavy atom. The Hall–Kier alpha value is -1.98. The van der Waals surface area contributed by atoms with Gasteiger partial charge in [-0.1, -0.05) is 6.07 Å². The maximum Gasteiger partial charge on any atom is 0.231 e. The monoisotopic (exact) mass is 317 g/mol. The van der Waals surface area contributed by atoms with Gasteiger partial charge in [-0.3, -0.25) is 0 Å². The molecule has 0 fully saturated rings. The summed E-state index contributed by atoms with van der Waals surface area (Å²) in [5.74, 6) is 3.07. The third-order valence-electron chi connectivity index (χ3n) is 4.05. The van der Waals surface area contributed by atoms with Gasteiger partial charge in [0.15, 0.2) is 11.5 Å². The molecule has 0 aliphatic carbocycles. The van der Waals surface area contributed by atoms with Gasteiger partial charge < -0.3 is 24.3 Å². The summed E-state index contributed by atoms with van der Waals surface area (Å²) in [6.45, 7) is 4.78. The summed E-state index contributed by atoms with van der Waals surface area (Å²) in [5.41, 5.74) is 1.23. The average Bonchev–Trinajstić information content (AvgIpc) is 3.18. The highest BCUT2D eigenvalue weighted by Crippen LogP contribution is 2.32. The van der Waals surface area contributed by atoms with Crippen molar-refractivity contribution in [3.63, 3.8) is 0 Å². The van der Waals surface area contributed by atoms with Crippen molar-refractivity contribution in [3.8, 4) is 11.5 Å². The van der Waals surface area contributed by atoms with Crippen molar-refractivity contribution in [2.45, 2.75) is 38.8 Å². The number of aliphatic hydroxyl groups excluding tert-OH is 1. The Morgan fingerprint density at radius 3 is 2.78 bits per heavy atom. The molecular weight excluding hydrogens is 294 g/mol. The van der Waals surface area contributed by atoms with Crippen LogP contribution in [0.15, 0.2) is 34.7 Å². The highest BCUT2D eigenvalue weighted by atomic mass is 16.7. The summed E-state index contributed by atoms with van der Waals surface area (Å²) >= 11 is 0. The van der Waals surface area contributed by atoms with Gasteiger partial charge in [0.2, 0.25) is 6.79 Å². The van der Waals surface area contributed by atoms with Gasteiger partial charge >= 0.3 is 0 Å². The quantitative estimate of drug-likeness (QED) is 0.822. The van der Waals surface area contributed by atoms with Gasteiger partial charge in [-0.15, -0.1) is 0 Å². The zero-order valence-electron chi connectivity index (χ0n) is 13.5. The van der Waals surface area contributed by atoms with E-state index in [9.17, 15) is 5.11 Å². The van der Waals surface area contributed by atoms with Crippen molar-refractivity contribution in [3.05, 3.63) is 47.4 Å². The SMILES string of the molecule is Cc1ccc(C(O)CNC(C)CCc2ccc3c(c2)OCO3)o1. The van der Waals surface area contributed by atoms with Gasteiger partial charge in [-0.2, -0.15) is 0 Å². The minimum absolute atomic E-state index is 0.297. The lowest BCUT2D eigenvalue weighted by Gasteiger charge is -2.16. The molecule has 2 heterocycles. The Bertz CT molecular complexity index is 652. The molecule has 1 aliphatic heterocycles. The fourth-order valence-electron chi connectivity index (χ4n) is 2.63. The summed E-state index contributed by atoms with van der Waals surface area (Å²) < 4.78 is 16.1. The average molecular weight is 317 g/mol. The second-order valence-electron chi connectivity index (χ2n) is 6.00. The second-order valence-corrected chi connectivity index (χ2v) is 6.00. The minimum atomic E-state index is -0.614. The van der Waals surface area contributed by atoms with Crippen LogP contribution in [-0.2, 0) is 6.42 Å². The van der Waals surface area contributed by atoms with Crippen LogP contribution in [0, 0.1) is 6.92 Å². The van der Waals surface area contributed by atoms with E-state index in [-0.39, 0.29) is 0 Å². The van der Waals surface area contributed by atoms with Gasteiger partial charge in [0, 0.05) is 12.6 Å². The molecule has 2 unspecified atom stereocenters. The lowest BCUT2D eigenvalue weighted by atomic mass is 10.1. The first-order chi connectivity index (χ1) is 11.1. The van der Waals surface area contributed by atoms with Crippen LogP contribution in [0.3, 0.4) is 0 Å². The molecule has 1 aromatic carbocycles. The van der Waals surface area contributed by atoms with Crippen molar-refractivity contribution >= 4 is 0 Å². The largest absolute Gasteiger partial charge is 0.464 e. The van der Waals surface area contributed by atoms with Crippen molar-refractivity contribution in [2.24, 2.45) is 0 Å². The third kappa shape index (κ3) is 4.06. The molecule has 0 saturated carbocycles. The summed E-state index contributed by atoms with van der Waals surface area (Å²) in [7, 11) is 0. The predicted octanol–water partition coefficient (Wildman–Crippen LogP) is 2.96. The number of nitrogens with one attached hydrogen (secondary N) is 1. The topological polar surface area (TPSA) is 63.9 Å². The number of hydrogen-bond acceptors (Lipinski definition) is 5. The maximum atomic E-state index is 10.1. The number of rotatable bonds is 7. The van der Waals surface area contributed by atoms with Crippen molar-refractivity contribution in [1.29, 1.82) is 0 Å². The molecule has 0 spiro atoms. The smallest absolute Gasteiger partial charge is 0.231 e. The van der Waals surface area contributed by atoms with E-state index in [0.29, 0.717) is 25.1 Å². The Morgan fingerprint density at radius 2 is 2.00 bits per heavy atom. The van der Waals surface area contributed by atoms with Crippen LogP contribution in [0.2, 0.25) is 0 Å². The Kier molecular flexibility index (Phi) is 4.88. The van der Waals surface area contributed by atoms with Gasteiger partial charge in [-0.25, -0.2) is 0 Å². The number of aryl methyl sites for hydroxylation is 2. The van der Waals surface area contributed by atoms with Gasteiger partial charge in [0.05, 0.1) is 0 Å². The van der Waals surface area contributed by atoms with Crippen LogP contribution in [0.1, 0.15) is 36.5 Å². The maximum absolute atomic E-state index is 10.1. The highest BCUT2D eigenvalue weighted by Gasteiger charge is 2.15. The van der Waals surface area contributed by atoms with Crippen LogP contribution in [-0.4, -0.2) is 24.5 Å². The summed E-state index contributed by atoms with van der Waals surface area (Å²) in [6, 6.07) is 10.0. The van der Waals surface area contributed by atoms with E-state index in [1.165, 1.54) is 5.56 Å². The molecule has 5 heteroatoms. The van der Waals surface area contributed by atoms with E-state index in [4.69, 9.17) is 13.9 Å². The van der Waals surface area contributed by atoms with E-state index in [1.807, 2.05) is 31.2 Å². The molecule has 3 rings (SSSR count). The fraction of sp³-hybridized carbons (Fsp3) is 0.444. The molecule has 2 N–H and O–H groups in total. The molecule has 23 heavy (non-hydrogen) atoms. The molecule has 1 aromatic heterocycles. The van der Waals surface area contributed by atoms with E-state index in [0.717, 1.165) is 30.1 Å². The van der Waals surface area contributed by atoms with E-state index < -0.39 is 6.10 Å². The van der Waals surface area contributed by atoms with Gasteiger partial charge in [0.1, 0.15) is 17.6 Å². The summed E-state index contributed by atoms with van der Waals surface area (Å²) in [6.07, 6.45) is 1.31. The number of fused-ring (bicyclic) bond motifs is 1. The number of benzene rings is 1. The molecule has 1 aliphatic rings. The van der Waals surface area contributed by atoms with Crippen LogP contribution in [0.25, 0.3) is 0 Å². The van der Waals surface area contributed by atoms with Crippen molar-refractivity contribution in [1.82, 2.24) is 5.32 Å². The van der Waals surface area contributed by atoms with Crippen molar-refractivity contribution in [2.75, 3.05) is 13.3 Å². The summed E-state index contributed by atoms with van der Waals surface area (Å²) in [5, 5.41) is 13.4. The molecule has 0 bridgehead atoms. The lowest BCUT2D eigenvalue weighted by molar-refractivity contribution is 0.142. The number of ether oxygens (including phenoxy) is 2. The van der Waals surface area contributed by atoms with Gasteiger partial charge in [-0.05, 0) is 56.5 Å². The zero-order valence-corrected chi connectivity index (χ0v) is 13.5. The van der Waals surface area contributed by atoms with Gasteiger partial charge in [0.25, 0.3) is 0 Å². The van der Waals surface area contributed by atoms with E-state index >= 15 is 0 Å². The minimum Gasteiger partial charge on any atom is -0.464 e. The Balaban J connectivity index is 1.43. The predicted molar refractivity (Wildman–Crippen MR) is 86.8 cm³/mol. The lowest BCUT2D eigenvalue weighted by Crippen LogP contribution is -2.30. The second kappa shape index (κ2) is 7.06. The third-order valence-corrected chi connectivity index (χ3v) is 4.05.